The zero-order chi connectivity index (χ0) is 12.7. The van der Waals surface area contributed by atoms with Gasteiger partial charge in [0.05, 0.1) is 0 Å². The van der Waals surface area contributed by atoms with E-state index in [9.17, 15) is 0 Å². The molecule has 0 saturated carbocycles. The Bertz CT molecular complexity index is 307. The molecule has 0 aliphatic carbocycles. The summed E-state index contributed by atoms with van der Waals surface area (Å²) in [6.45, 7) is 5.66. The van der Waals surface area contributed by atoms with Gasteiger partial charge in [0, 0.05) is 24.6 Å². The summed E-state index contributed by atoms with van der Waals surface area (Å²) in [6, 6.07) is 8.92. The summed E-state index contributed by atoms with van der Waals surface area (Å²) >= 11 is 3.50. The van der Waals surface area contributed by atoms with Gasteiger partial charge in [-0.15, -0.1) is 0 Å². The highest BCUT2D eigenvalue weighted by Crippen LogP contribution is 2.16. The van der Waals surface area contributed by atoms with Crippen molar-refractivity contribution >= 4 is 21.6 Å². The van der Waals surface area contributed by atoms with Crippen LogP contribution in [0.1, 0.15) is 32.3 Å². The molecule has 0 aliphatic rings. The van der Waals surface area contributed by atoms with Crippen LogP contribution in [0.15, 0.2) is 24.3 Å². The van der Waals surface area contributed by atoms with Gasteiger partial charge in [-0.2, -0.15) is 0 Å². The van der Waals surface area contributed by atoms with Gasteiger partial charge in [-0.05, 0) is 42.9 Å². The van der Waals surface area contributed by atoms with Crippen LogP contribution in [-0.4, -0.2) is 18.9 Å². The van der Waals surface area contributed by atoms with Crippen molar-refractivity contribution in [3.8, 4) is 0 Å². The van der Waals surface area contributed by atoms with E-state index in [2.05, 4.69) is 66.0 Å². The number of aryl methyl sites for hydroxylation is 1. The molecular formula is C15H24BrN. The van der Waals surface area contributed by atoms with E-state index in [0.717, 1.165) is 24.2 Å². The smallest absolute Gasteiger partial charge is 0.0363 e. The highest BCUT2D eigenvalue weighted by molar-refractivity contribution is 9.09. The molecule has 0 aliphatic heterocycles. The van der Waals surface area contributed by atoms with E-state index in [1.54, 1.807) is 0 Å². The Morgan fingerprint density at radius 2 is 1.82 bits per heavy atom. The van der Waals surface area contributed by atoms with Gasteiger partial charge in [-0.3, -0.25) is 0 Å². The molecule has 0 amide bonds. The summed E-state index contributed by atoms with van der Waals surface area (Å²) in [4.78, 5) is 2.35. The molecule has 0 bridgehead atoms. The highest BCUT2D eigenvalue weighted by Gasteiger charge is 2.05. The highest BCUT2D eigenvalue weighted by atomic mass is 79.9. The second kappa shape index (κ2) is 7.75. The lowest BCUT2D eigenvalue weighted by Gasteiger charge is -2.21. The predicted octanol–water partition coefficient (Wildman–Crippen LogP) is 4.50. The lowest BCUT2D eigenvalue weighted by atomic mass is 10.0. The Balaban J connectivity index is 2.43. The largest absolute Gasteiger partial charge is 0.375 e. The molecule has 0 spiro atoms. The molecule has 17 heavy (non-hydrogen) atoms. The summed E-state index contributed by atoms with van der Waals surface area (Å²) in [5.74, 6) is 0.798. The van der Waals surface area contributed by atoms with Crippen LogP contribution >= 0.6 is 15.9 Å². The summed E-state index contributed by atoms with van der Waals surface area (Å²) in [5.41, 5.74) is 2.74. The first-order valence-corrected chi connectivity index (χ1v) is 7.65. The first-order chi connectivity index (χ1) is 8.17. The molecule has 0 radical (unpaired) electrons. The summed E-state index contributed by atoms with van der Waals surface area (Å²) in [6.07, 6.45) is 3.65. The van der Waals surface area contributed by atoms with E-state index in [1.807, 2.05) is 0 Å². The Morgan fingerprint density at radius 1 is 1.18 bits per heavy atom. The van der Waals surface area contributed by atoms with Gasteiger partial charge >= 0.3 is 0 Å². The van der Waals surface area contributed by atoms with Gasteiger partial charge in [-0.25, -0.2) is 0 Å². The molecule has 1 unspecified atom stereocenters. The number of rotatable bonds is 7. The molecule has 0 fully saturated rings. The number of halogens is 1. The fourth-order valence-electron chi connectivity index (χ4n) is 1.86. The standard InChI is InChI=1S/C15H24BrN/c1-4-14-5-7-15(8-6-14)17(3)12-10-13(2)9-11-16/h5-8,13H,4,9-12H2,1-3H3. The monoisotopic (exact) mass is 297 g/mol. The number of alkyl halides is 1. The molecule has 0 heterocycles. The van der Waals surface area contributed by atoms with Crippen molar-refractivity contribution in [1.29, 1.82) is 0 Å². The van der Waals surface area contributed by atoms with Crippen molar-refractivity contribution in [3.63, 3.8) is 0 Å². The Labute approximate surface area is 114 Å². The van der Waals surface area contributed by atoms with Gasteiger partial charge in [0.2, 0.25) is 0 Å². The minimum Gasteiger partial charge on any atom is -0.375 e. The predicted molar refractivity (Wildman–Crippen MR) is 81.3 cm³/mol. The van der Waals surface area contributed by atoms with Gasteiger partial charge < -0.3 is 4.90 Å². The van der Waals surface area contributed by atoms with E-state index < -0.39 is 0 Å². The Morgan fingerprint density at radius 3 is 2.35 bits per heavy atom. The van der Waals surface area contributed by atoms with Crippen LogP contribution in [0.3, 0.4) is 0 Å². The van der Waals surface area contributed by atoms with Crippen molar-refractivity contribution in [2.24, 2.45) is 5.92 Å². The molecule has 1 atom stereocenters. The maximum Gasteiger partial charge on any atom is 0.0363 e. The van der Waals surface area contributed by atoms with Gasteiger partial charge in [0.1, 0.15) is 0 Å². The fourth-order valence-corrected chi connectivity index (χ4v) is 2.64. The zero-order valence-electron chi connectivity index (χ0n) is 11.2. The van der Waals surface area contributed by atoms with Crippen molar-refractivity contribution < 1.29 is 0 Å². The summed E-state index contributed by atoms with van der Waals surface area (Å²) < 4.78 is 0. The van der Waals surface area contributed by atoms with Gasteiger partial charge in [0.25, 0.3) is 0 Å². The van der Waals surface area contributed by atoms with E-state index in [0.29, 0.717) is 0 Å². The number of nitrogens with zero attached hydrogens (tertiary/aromatic N) is 1. The molecule has 96 valence electrons. The average molecular weight is 298 g/mol. The zero-order valence-corrected chi connectivity index (χ0v) is 12.8. The quantitative estimate of drug-likeness (QED) is 0.670. The van der Waals surface area contributed by atoms with Gasteiger partial charge in [0.15, 0.2) is 0 Å². The van der Waals surface area contributed by atoms with Crippen LogP contribution < -0.4 is 4.90 Å². The van der Waals surface area contributed by atoms with E-state index in [-0.39, 0.29) is 0 Å². The summed E-state index contributed by atoms with van der Waals surface area (Å²) in [5, 5.41) is 1.11. The molecule has 1 nitrogen and oxygen atoms in total. The number of anilines is 1. The van der Waals surface area contributed by atoms with E-state index in [1.165, 1.54) is 24.1 Å². The number of hydrogen-bond donors (Lipinski definition) is 0. The maximum atomic E-state index is 3.50. The van der Waals surface area contributed by atoms with E-state index in [4.69, 9.17) is 0 Å². The second-order valence-corrected chi connectivity index (χ2v) is 5.61. The van der Waals surface area contributed by atoms with Crippen LogP contribution in [0.4, 0.5) is 5.69 Å². The molecular weight excluding hydrogens is 274 g/mol. The maximum absolute atomic E-state index is 3.50. The van der Waals surface area contributed by atoms with Crippen molar-refractivity contribution in [3.05, 3.63) is 29.8 Å². The van der Waals surface area contributed by atoms with Crippen molar-refractivity contribution in [2.75, 3.05) is 23.8 Å². The van der Waals surface area contributed by atoms with Crippen LogP contribution in [0.5, 0.6) is 0 Å². The van der Waals surface area contributed by atoms with Crippen LogP contribution in [0.2, 0.25) is 0 Å². The summed E-state index contributed by atoms with van der Waals surface area (Å²) in [7, 11) is 2.18. The molecule has 0 saturated heterocycles. The topological polar surface area (TPSA) is 3.24 Å². The third-order valence-electron chi connectivity index (χ3n) is 3.34. The number of hydrogen-bond acceptors (Lipinski definition) is 1. The first kappa shape index (κ1) is 14.6. The van der Waals surface area contributed by atoms with Crippen LogP contribution in [0, 0.1) is 5.92 Å². The molecule has 1 rings (SSSR count). The van der Waals surface area contributed by atoms with Crippen LogP contribution in [0.25, 0.3) is 0 Å². The fraction of sp³-hybridized carbons (Fsp3) is 0.600. The lowest BCUT2D eigenvalue weighted by molar-refractivity contribution is 0.523. The molecule has 0 N–H and O–H groups in total. The average Bonchev–Trinajstić information content (AvgIpc) is 2.36. The molecule has 0 aromatic heterocycles. The third kappa shape index (κ3) is 5.12. The minimum absolute atomic E-state index is 0.798. The van der Waals surface area contributed by atoms with Crippen molar-refractivity contribution in [2.45, 2.75) is 33.1 Å². The SMILES string of the molecule is CCc1ccc(N(C)CCC(C)CCBr)cc1. The Kier molecular flexibility index (Phi) is 6.64. The third-order valence-corrected chi connectivity index (χ3v) is 3.80. The molecule has 2 heteroatoms. The lowest BCUT2D eigenvalue weighted by Crippen LogP contribution is -2.20. The minimum atomic E-state index is 0.798. The molecule has 1 aromatic carbocycles. The first-order valence-electron chi connectivity index (χ1n) is 6.53. The number of benzene rings is 1. The van der Waals surface area contributed by atoms with E-state index >= 15 is 0 Å². The molecule has 1 aromatic rings. The Hall–Kier alpha value is -0.500. The normalized spacial score (nSPS) is 12.5. The van der Waals surface area contributed by atoms with Crippen LogP contribution in [-0.2, 0) is 6.42 Å². The van der Waals surface area contributed by atoms with Crippen molar-refractivity contribution in [1.82, 2.24) is 0 Å². The van der Waals surface area contributed by atoms with Gasteiger partial charge in [-0.1, -0.05) is 41.9 Å². The second-order valence-electron chi connectivity index (χ2n) is 4.81.